The zero-order valence-electron chi connectivity index (χ0n) is 16.9. The maximum Gasteiger partial charge on any atom is 0.469 e. The molecule has 1 aliphatic heterocycles. The van der Waals surface area contributed by atoms with Gasteiger partial charge in [-0.3, -0.25) is 18.5 Å². The highest BCUT2D eigenvalue weighted by atomic mass is 32.1. The van der Waals surface area contributed by atoms with Crippen molar-refractivity contribution in [1.29, 1.82) is 0 Å². The number of hydrogen-bond donors (Lipinski definition) is 4. The first-order valence-corrected chi connectivity index (χ1v) is 12.0. The van der Waals surface area contributed by atoms with Crippen molar-refractivity contribution < 1.29 is 33.8 Å². The molecule has 1 aromatic carbocycles. The van der Waals surface area contributed by atoms with Crippen LogP contribution in [-0.4, -0.2) is 59.0 Å². The van der Waals surface area contributed by atoms with Crippen molar-refractivity contribution in [1.82, 2.24) is 14.1 Å². The molecule has 14 heteroatoms. The zero-order chi connectivity index (χ0) is 23.8. The van der Waals surface area contributed by atoms with Crippen LogP contribution in [0.5, 0.6) is 0 Å². The fourth-order valence-corrected chi connectivity index (χ4v) is 4.64. The third-order valence-corrected chi connectivity index (χ3v) is 6.52. The average Bonchev–Trinajstić information content (AvgIpc) is 3.35. The molecule has 0 aliphatic carbocycles. The van der Waals surface area contributed by atoms with Gasteiger partial charge in [-0.05, 0) is 0 Å². The number of rotatable bonds is 7. The number of thiazole rings is 1. The predicted molar refractivity (Wildman–Crippen MR) is 116 cm³/mol. The van der Waals surface area contributed by atoms with E-state index in [2.05, 4.69) is 9.51 Å². The molecule has 33 heavy (non-hydrogen) atoms. The van der Waals surface area contributed by atoms with Gasteiger partial charge in [0.2, 0.25) is 0 Å². The standard InChI is InChI=1S/C19H20N3O9PS/c23-14-6-7-21(18-16(25)15(24)13(31-18)10-30-32(27,28)29)19(26)22(14)9-12-8-20-17(33-12)11-4-2-1-3-5-11/h1-8,13,15-16,18,24-25H,9-10H2,(H2,27,28,29)/t13-,15+,16?,18-/m1/s1. The van der Waals surface area contributed by atoms with Gasteiger partial charge in [-0.2, -0.15) is 0 Å². The Bertz CT molecular complexity index is 1290. The molecule has 12 nitrogen and oxygen atoms in total. The number of aliphatic hydroxyl groups excluding tert-OH is 2. The molecule has 3 heterocycles. The summed E-state index contributed by atoms with van der Waals surface area (Å²) in [7, 11) is -4.83. The number of aliphatic hydroxyl groups is 2. The molecule has 0 saturated carbocycles. The van der Waals surface area contributed by atoms with Crippen molar-refractivity contribution in [2.75, 3.05) is 6.61 Å². The number of benzene rings is 1. The SMILES string of the molecule is O=c1ccn([C@@H]2O[C@H](COP(=O)(O)O)[C@H](O)C2O)c(=O)n1Cc1cnc(-c2ccccc2)s1. The number of nitrogens with zero attached hydrogens (tertiary/aromatic N) is 3. The maximum absolute atomic E-state index is 13.0. The van der Waals surface area contributed by atoms with Crippen LogP contribution in [0.1, 0.15) is 11.1 Å². The van der Waals surface area contributed by atoms with Crippen molar-refractivity contribution in [2.24, 2.45) is 0 Å². The molecule has 3 aromatic rings. The number of ether oxygens (including phenoxy) is 1. The summed E-state index contributed by atoms with van der Waals surface area (Å²) in [4.78, 5) is 48.0. The summed E-state index contributed by atoms with van der Waals surface area (Å²) in [5.74, 6) is 0. The van der Waals surface area contributed by atoms with E-state index in [0.29, 0.717) is 4.88 Å². The number of hydrogen-bond acceptors (Lipinski definition) is 9. The summed E-state index contributed by atoms with van der Waals surface area (Å²) in [6.07, 6.45) is -3.20. The highest BCUT2D eigenvalue weighted by Gasteiger charge is 2.45. The summed E-state index contributed by atoms with van der Waals surface area (Å²) in [5, 5.41) is 21.2. The minimum absolute atomic E-state index is 0.0703. The molecule has 4 rings (SSSR count). The number of phosphoric ester groups is 1. The van der Waals surface area contributed by atoms with Crippen molar-refractivity contribution in [3.63, 3.8) is 0 Å². The van der Waals surface area contributed by atoms with E-state index >= 15 is 0 Å². The van der Waals surface area contributed by atoms with Crippen LogP contribution in [0, 0.1) is 0 Å². The van der Waals surface area contributed by atoms with Crippen LogP contribution in [-0.2, 0) is 20.4 Å². The lowest BCUT2D eigenvalue weighted by Crippen LogP contribution is -2.43. The van der Waals surface area contributed by atoms with Gasteiger partial charge in [-0.25, -0.2) is 14.3 Å². The van der Waals surface area contributed by atoms with Crippen LogP contribution in [0.3, 0.4) is 0 Å². The first-order chi connectivity index (χ1) is 15.6. The maximum atomic E-state index is 13.0. The first kappa shape index (κ1) is 23.7. The van der Waals surface area contributed by atoms with Gasteiger partial charge < -0.3 is 24.7 Å². The zero-order valence-corrected chi connectivity index (χ0v) is 18.6. The van der Waals surface area contributed by atoms with Crippen LogP contribution in [0.15, 0.2) is 58.4 Å². The smallest absolute Gasteiger partial charge is 0.387 e. The van der Waals surface area contributed by atoms with E-state index in [0.717, 1.165) is 32.0 Å². The van der Waals surface area contributed by atoms with Gasteiger partial charge in [-0.15, -0.1) is 11.3 Å². The molecule has 0 amide bonds. The molecule has 1 aliphatic rings. The van der Waals surface area contributed by atoms with E-state index in [-0.39, 0.29) is 6.54 Å². The van der Waals surface area contributed by atoms with Gasteiger partial charge in [0.05, 0.1) is 13.2 Å². The molecule has 4 N–H and O–H groups in total. The Morgan fingerprint density at radius 2 is 1.85 bits per heavy atom. The van der Waals surface area contributed by atoms with Gasteiger partial charge >= 0.3 is 13.5 Å². The van der Waals surface area contributed by atoms with E-state index in [1.54, 1.807) is 6.20 Å². The summed E-state index contributed by atoms with van der Waals surface area (Å²) < 4.78 is 22.5. The van der Waals surface area contributed by atoms with Crippen LogP contribution in [0.4, 0.5) is 0 Å². The first-order valence-electron chi connectivity index (χ1n) is 9.68. The predicted octanol–water partition coefficient (Wildman–Crippen LogP) is -0.0897. The Hall–Kier alpha value is -2.48. The molecule has 2 aromatic heterocycles. The molecular formula is C19H20N3O9PS. The van der Waals surface area contributed by atoms with Crippen LogP contribution in [0.25, 0.3) is 10.6 Å². The highest BCUT2D eigenvalue weighted by molar-refractivity contribution is 7.46. The quantitative estimate of drug-likeness (QED) is 0.323. The second kappa shape index (κ2) is 9.41. The molecule has 4 atom stereocenters. The van der Waals surface area contributed by atoms with E-state index < -0.39 is 50.2 Å². The van der Waals surface area contributed by atoms with Crippen molar-refractivity contribution in [2.45, 2.75) is 31.1 Å². The summed E-state index contributed by atoms with van der Waals surface area (Å²) in [6, 6.07) is 10.5. The molecule has 1 fully saturated rings. The number of phosphoric acid groups is 1. The lowest BCUT2D eigenvalue weighted by molar-refractivity contribution is -0.0548. The average molecular weight is 497 g/mol. The van der Waals surface area contributed by atoms with E-state index in [1.807, 2.05) is 30.3 Å². The second-order valence-corrected chi connectivity index (χ2v) is 9.61. The monoisotopic (exact) mass is 497 g/mol. The van der Waals surface area contributed by atoms with Gasteiger partial charge in [0.1, 0.15) is 23.3 Å². The molecule has 0 bridgehead atoms. The molecule has 0 spiro atoms. The lowest BCUT2D eigenvalue weighted by Gasteiger charge is -2.18. The Balaban J connectivity index is 1.58. The molecular weight excluding hydrogens is 477 g/mol. The van der Waals surface area contributed by atoms with Gasteiger partial charge in [-0.1, -0.05) is 30.3 Å². The van der Waals surface area contributed by atoms with Gasteiger partial charge in [0.15, 0.2) is 6.23 Å². The topological polar surface area (TPSA) is 173 Å². The van der Waals surface area contributed by atoms with Gasteiger partial charge in [0, 0.05) is 28.9 Å². The summed E-state index contributed by atoms with van der Waals surface area (Å²) in [5.41, 5.74) is -0.489. The second-order valence-electron chi connectivity index (χ2n) is 7.26. The minimum Gasteiger partial charge on any atom is -0.387 e. The fraction of sp³-hybridized carbons (Fsp3) is 0.316. The van der Waals surface area contributed by atoms with E-state index in [1.165, 1.54) is 11.3 Å². The van der Waals surface area contributed by atoms with E-state index in [4.69, 9.17) is 14.5 Å². The fourth-order valence-electron chi connectivity index (χ4n) is 3.39. The van der Waals surface area contributed by atoms with Crippen molar-refractivity contribution >= 4 is 19.2 Å². The Morgan fingerprint density at radius 1 is 1.12 bits per heavy atom. The normalized spacial score (nSPS) is 23.2. The molecule has 1 unspecified atom stereocenters. The minimum atomic E-state index is -4.83. The largest absolute Gasteiger partial charge is 0.469 e. The lowest BCUT2D eigenvalue weighted by atomic mass is 10.1. The summed E-state index contributed by atoms with van der Waals surface area (Å²) >= 11 is 1.32. The third kappa shape index (κ3) is 5.21. The van der Waals surface area contributed by atoms with Crippen LogP contribution in [0.2, 0.25) is 0 Å². The Morgan fingerprint density at radius 3 is 2.55 bits per heavy atom. The number of aromatic nitrogens is 3. The van der Waals surface area contributed by atoms with Gasteiger partial charge in [0.25, 0.3) is 5.56 Å². The Kier molecular flexibility index (Phi) is 6.75. The highest BCUT2D eigenvalue weighted by Crippen LogP contribution is 2.38. The molecule has 176 valence electrons. The summed E-state index contributed by atoms with van der Waals surface area (Å²) in [6.45, 7) is -0.782. The van der Waals surface area contributed by atoms with Crippen molar-refractivity contribution in [3.05, 3.63) is 74.5 Å². The molecule has 1 saturated heterocycles. The molecule has 0 radical (unpaired) electrons. The Labute approximate surface area is 190 Å². The third-order valence-electron chi connectivity index (χ3n) is 5.00. The van der Waals surface area contributed by atoms with E-state index in [9.17, 15) is 24.4 Å². The van der Waals surface area contributed by atoms with Crippen LogP contribution < -0.4 is 11.2 Å². The van der Waals surface area contributed by atoms with Crippen molar-refractivity contribution in [3.8, 4) is 10.6 Å². The van der Waals surface area contributed by atoms with Crippen LogP contribution >= 0.6 is 19.2 Å².